The number of carbonyl (C=O) groups is 1. The molecule has 0 radical (unpaired) electrons. The second-order valence-electron chi connectivity index (χ2n) is 5.12. The van der Waals surface area contributed by atoms with Gasteiger partial charge in [-0.25, -0.2) is 0 Å². The van der Waals surface area contributed by atoms with Crippen LogP contribution in [-0.2, 0) is 16.0 Å². The minimum absolute atomic E-state index is 0.0876. The zero-order chi connectivity index (χ0) is 12.1. The van der Waals surface area contributed by atoms with Crippen molar-refractivity contribution in [1.82, 2.24) is 0 Å². The topological polar surface area (TPSA) is 39.4 Å². The van der Waals surface area contributed by atoms with Gasteiger partial charge in [0.2, 0.25) is 0 Å². The highest BCUT2D eigenvalue weighted by Crippen LogP contribution is 2.42. The summed E-state index contributed by atoms with van der Waals surface area (Å²) in [6.45, 7) is 0. The van der Waals surface area contributed by atoms with E-state index >= 15 is 0 Å². The molecule has 1 aliphatic rings. The maximum atomic E-state index is 11.6. The molecule has 0 amide bonds. The number of hydrogen-bond acceptors (Lipinski definition) is 3. The van der Waals surface area contributed by atoms with Crippen LogP contribution in [0.4, 0.5) is 0 Å². The van der Waals surface area contributed by atoms with Gasteiger partial charge < -0.3 is 9.15 Å². The second-order valence-corrected chi connectivity index (χ2v) is 5.12. The summed E-state index contributed by atoms with van der Waals surface area (Å²) in [5.41, 5.74) is 1.28. The highest BCUT2D eigenvalue weighted by molar-refractivity contribution is 5.70. The van der Waals surface area contributed by atoms with Crippen molar-refractivity contribution < 1.29 is 13.9 Å². The molecule has 3 heteroatoms. The number of esters is 1. The molecule has 1 saturated carbocycles. The Morgan fingerprint density at radius 3 is 2.76 bits per heavy atom. The van der Waals surface area contributed by atoms with E-state index in [2.05, 4.69) is 0 Å². The first kappa shape index (κ1) is 12.2. The van der Waals surface area contributed by atoms with E-state index in [-0.39, 0.29) is 11.4 Å². The van der Waals surface area contributed by atoms with E-state index in [1.165, 1.54) is 31.9 Å². The van der Waals surface area contributed by atoms with E-state index in [9.17, 15) is 4.79 Å². The van der Waals surface area contributed by atoms with Crippen molar-refractivity contribution in [2.75, 3.05) is 7.11 Å². The standard InChI is InChI=1S/C14H20O3/c1-16-13(15)10-14(6-3-2-4-7-14)9-12-5-8-17-11-12/h5,8,11H,2-4,6-7,9-10H2,1H3. The van der Waals surface area contributed by atoms with Crippen LogP contribution in [0.5, 0.6) is 0 Å². The predicted molar refractivity (Wildman–Crippen MR) is 64.6 cm³/mol. The van der Waals surface area contributed by atoms with Crippen molar-refractivity contribution in [3.8, 4) is 0 Å². The molecule has 1 aromatic rings. The van der Waals surface area contributed by atoms with E-state index < -0.39 is 0 Å². The number of carbonyl (C=O) groups excluding carboxylic acids is 1. The number of furan rings is 1. The summed E-state index contributed by atoms with van der Waals surface area (Å²) in [5.74, 6) is -0.0876. The molecule has 0 unspecified atom stereocenters. The fourth-order valence-electron chi connectivity index (χ4n) is 2.92. The minimum atomic E-state index is -0.0876. The van der Waals surface area contributed by atoms with Gasteiger partial charge in [0.25, 0.3) is 0 Å². The predicted octanol–water partition coefficient (Wildman–Crippen LogP) is 3.34. The third-order valence-electron chi connectivity index (χ3n) is 3.82. The molecule has 3 nitrogen and oxygen atoms in total. The molecular formula is C14H20O3. The van der Waals surface area contributed by atoms with Crippen molar-refractivity contribution in [2.24, 2.45) is 5.41 Å². The lowest BCUT2D eigenvalue weighted by Crippen LogP contribution is -2.30. The van der Waals surface area contributed by atoms with Gasteiger partial charge in [-0.3, -0.25) is 4.79 Å². The summed E-state index contributed by atoms with van der Waals surface area (Å²) in [4.78, 5) is 11.6. The Hall–Kier alpha value is -1.25. The molecule has 0 spiro atoms. The summed E-state index contributed by atoms with van der Waals surface area (Å²) >= 11 is 0. The Labute approximate surface area is 102 Å². The largest absolute Gasteiger partial charge is 0.472 e. The Kier molecular flexibility index (Phi) is 3.87. The zero-order valence-corrected chi connectivity index (χ0v) is 10.4. The van der Waals surface area contributed by atoms with Crippen LogP contribution in [0.25, 0.3) is 0 Å². The summed E-state index contributed by atoms with van der Waals surface area (Å²) in [5, 5.41) is 0. The van der Waals surface area contributed by atoms with Crippen molar-refractivity contribution in [1.29, 1.82) is 0 Å². The Morgan fingerprint density at radius 1 is 1.41 bits per heavy atom. The normalized spacial score (nSPS) is 18.9. The fraction of sp³-hybridized carbons (Fsp3) is 0.643. The molecular weight excluding hydrogens is 216 g/mol. The van der Waals surface area contributed by atoms with Gasteiger partial charge in [0, 0.05) is 0 Å². The summed E-state index contributed by atoms with van der Waals surface area (Å²) < 4.78 is 9.95. The van der Waals surface area contributed by atoms with Crippen molar-refractivity contribution >= 4 is 5.97 Å². The van der Waals surface area contributed by atoms with Gasteiger partial charge >= 0.3 is 5.97 Å². The van der Waals surface area contributed by atoms with Crippen LogP contribution in [0.15, 0.2) is 23.0 Å². The number of rotatable bonds is 4. The second kappa shape index (κ2) is 5.39. The maximum absolute atomic E-state index is 11.6. The van der Waals surface area contributed by atoms with Gasteiger partial charge in [-0.1, -0.05) is 19.3 Å². The van der Waals surface area contributed by atoms with Gasteiger partial charge in [0.15, 0.2) is 0 Å². The zero-order valence-electron chi connectivity index (χ0n) is 10.4. The smallest absolute Gasteiger partial charge is 0.306 e. The van der Waals surface area contributed by atoms with Gasteiger partial charge in [-0.2, -0.15) is 0 Å². The first-order valence-electron chi connectivity index (χ1n) is 6.32. The number of methoxy groups -OCH3 is 1. The van der Waals surface area contributed by atoms with Crippen LogP contribution in [0.3, 0.4) is 0 Å². The molecule has 0 bridgehead atoms. The van der Waals surface area contributed by atoms with E-state index in [0.29, 0.717) is 6.42 Å². The highest BCUT2D eigenvalue weighted by atomic mass is 16.5. The third-order valence-corrected chi connectivity index (χ3v) is 3.82. The van der Waals surface area contributed by atoms with Gasteiger partial charge in [0.05, 0.1) is 26.1 Å². The monoisotopic (exact) mass is 236 g/mol. The lowest BCUT2D eigenvalue weighted by atomic mass is 9.68. The lowest BCUT2D eigenvalue weighted by molar-refractivity contribution is -0.144. The van der Waals surface area contributed by atoms with Crippen LogP contribution in [0, 0.1) is 5.41 Å². The first-order chi connectivity index (χ1) is 8.24. The number of ether oxygens (including phenoxy) is 1. The molecule has 1 aromatic heterocycles. The van der Waals surface area contributed by atoms with Gasteiger partial charge in [-0.05, 0) is 36.3 Å². The summed E-state index contributed by atoms with van der Waals surface area (Å²) in [6, 6.07) is 1.99. The maximum Gasteiger partial charge on any atom is 0.306 e. The molecule has 0 saturated heterocycles. The summed E-state index contributed by atoms with van der Waals surface area (Å²) in [6.07, 6.45) is 10.9. The van der Waals surface area contributed by atoms with E-state index in [1.807, 2.05) is 6.07 Å². The highest BCUT2D eigenvalue weighted by Gasteiger charge is 2.35. The van der Waals surface area contributed by atoms with Crippen LogP contribution in [0.1, 0.15) is 44.1 Å². The lowest BCUT2D eigenvalue weighted by Gasteiger charge is -2.36. The van der Waals surface area contributed by atoms with Crippen LogP contribution >= 0.6 is 0 Å². The Morgan fingerprint density at radius 2 is 2.18 bits per heavy atom. The van der Waals surface area contributed by atoms with Gasteiger partial charge in [-0.15, -0.1) is 0 Å². The molecule has 17 heavy (non-hydrogen) atoms. The molecule has 0 aliphatic heterocycles. The van der Waals surface area contributed by atoms with Gasteiger partial charge in [0.1, 0.15) is 0 Å². The molecule has 1 heterocycles. The average Bonchev–Trinajstić information content (AvgIpc) is 2.82. The van der Waals surface area contributed by atoms with Crippen molar-refractivity contribution in [3.63, 3.8) is 0 Å². The quantitative estimate of drug-likeness (QED) is 0.753. The average molecular weight is 236 g/mol. The van der Waals surface area contributed by atoms with E-state index in [0.717, 1.165) is 19.3 Å². The number of hydrogen-bond donors (Lipinski definition) is 0. The molecule has 94 valence electrons. The third kappa shape index (κ3) is 3.11. The molecule has 1 aliphatic carbocycles. The molecule has 0 aromatic carbocycles. The first-order valence-corrected chi connectivity index (χ1v) is 6.32. The van der Waals surface area contributed by atoms with Crippen LogP contribution in [0.2, 0.25) is 0 Å². The Bertz CT molecular complexity index is 348. The fourth-order valence-corrected chi connectivity index (χ4v) is 2.92. The van der Waals surface area contributed by atoms with Crippen LogP contribution < -0.4 is 0 Å². The van der Waals surface area contributed by atoms with Crippen molar-refractivity contribution in [2.45, 2.75) is 44.9 Å². The minimum Gasteiger partial charge on any atom is -0.472 e. The molecule has 0 atom stereocenters. The Balaban J connectivity index is 2.08. The van der Waals surface area contributed by atoms with E-state index in [4.69, 9.17) is 9.15 Å². The SMILES string of the molecule is COC(=O)CC1(Cc2ccoc2)CCCCC1. The van der Waals surface area contributed by atoms with Crippen molar-refractivity contribution in [3.05, 3.63) is 24.2 Å². The molecule has 2 rings (SSSR count). The van der Waals surface area contributed by atoms with E-state index in [1.54, 1.807) is 12.5 Å². The summed E-state index contributed by atoms with van der Waals surface area (Å²) in [7, 11) is 1.47. The molecule has 0 N–H and O–H groups in total. The van der Waals surface area contributed by atoms with Crippen LogP contribution in [-0.4, -0.2) is 13.1 Å². The molecule has 1 fully saturated rings.